The van der Waals surface area contributed by atoms with Crippen LogP contribution in [0.25, 0.3) is 0 Å². The van der Waals surface area contributed by atoms with Gasteiger partial charge in [0.15, 0.2) is 0 Å². The van der Waals surface area contributed by atoms with E-state index in [4.69, 9.17) is 21.1 Å². The number of anilines is 2. The van der Waals surface area contributed by atoms with E-state index in [0.717, 1.165) is 5.56 Å². The Kier molecular flexibility index (Phi) is 5.56. The molecule has 1 aliphatic rings. The average molecular weight is 389 g/mol. The molecule has 0 bridgehead atoms. The summed E-state index contributed by atoms with van der Waals surface area (Å²) in [6, 6.07) is 10.6. The lowest BCUT2D eigenvalue weighted by molar-refractivity contribution is -0.122. The van der Waals surface area contributed by atoms with Gasteiger partial charge in [-0.05, 0) is 36.8 Å². The molecule has 6 nitrogen and oxygen atoms in total. The van der Waals surface area contributed by atoms with Gasteiger partial charge in [0.25, 0.3) is 0 Å². The number of nitrogens with one attached hydrogen (secondary N) is 1. The third-order valence-electron chi connectivity index (χ3n) is 4.63. The molecule has 2 aromatic carbocycles. The van der Waals surface area contributed by atoms with Gasteiger partial charge >= 0.3 is 0 Å². The Morgan fingerprint density at radius 1 is 1.19 bits per heavy atom. The number of halogens is 1. The number of methoxy groups -OCH3 is 2. The Labute approximate surface area is 163 Å². The first-order valence-electron chi connectivity index (χ1n) is 8.52. The highest BCUT2D eigenvalue weighted by Crippen LogP contribution is 2.32. The van der Waals surface area contributed by atoms with Crippen LogP contribution in [-0.4, -0.2) is 32.6 Å². The van der Waals surface area contributed by atoms with Crippen molar-refractivity contribution in [1.29, 1.82) is 0 Å². The molecule has 0 aliphatic carbocycles. The van der Waals surface area contributed by atoms with E-state index in [0.29, 0.717) is 34.4 Å². The lowest BCUT2D eigenvalue weighted by atomic mass is 10.1. The van der Waals surface area contributed by atoms with E-state index in [9.17, 15) is 9.59 Å². The van der Waals surface area contributed by atoms with Crippen LogP contribution in [0.5, 0.6) is 11.5 Å². The zero-order valence-electron chi connectivity index (χ0n) is 15.4. The number of hydrogen-bond donors (Lipinski definition) is 1. The molecule has 3 rings (SSSR count). The number of carbonyl (C=O) groups is 2. The molecule has 0 aromatic heterocycles. The fraction of sp³-hybridized carbons (Fsp3) is 0.300. The number of nitrogens with zero attached hydrogens (tertiary/aromatic N) is 1. The number of benzene rings is 2. The first-order valence-corrected chi connectivity index (χ1v) is 8.90. The van der Waals surface area contributed by atoms with Gasteiger partial charge in [0, 0.05) is 29.7 Å². The summed E-state index contributed by atoms with van der Waals surface area (Å²) in [4.78, 5) is 26.7. The predicted molar refractivity (Wildman–Crippen MR) is 105 cm³/mol. The summed E-state index contributed by atoms with van der Waals surface area (Å²) < 4.78 is 10.5. The Hall–Kier alpha value is -2.73. The number of ether oxygens (including phenoxy) is 2. The van der Waals surface area contributed by atoms with Gasteiger partial charge in [0.2, 0.25) is 11.8 Å². The van der Waals surface area contributed by atoms with Gasteiger partial charge in [-0.1, -0.05) is 17.7 Å². The van der Waals surface area contributed by atoms with Gasteiger partial charge in [0.1, 0.15) is 11.5 Å². The number of carbonyl (C=O) groups excluding carboxylic acids is 2. The zero-order valence-corrected chi connectivity index (χ0v) is 16.2. The fourth-order valence-corrected chi connectivity index (χ4v) is 3.20. The lowest BCUT2D eigenvalue weighted by Crippen LogP contribution is -2.28. The summed E-state index contributed by atoms with van der Waals surface area (Å²) in [5, 5.41) is 3.43. The minimum atomic E-state index is -0.464. The molecule has 0 radical (unpaired) electrons. The molecule has 1 saturated heterocycles. The molecular formula is C20H21ClN2O4. The highest BCUT2D eigenvalue weighted by molar-refractivity contribution is 6.31. The quantitative estimate of drug-likeness (QED) is 0.848. The molecule has 1 fully saturated rings. The maximum Gasteiger partial charge on any atom is 0.229 e. The topological polar surface area (TPSA) is 67.9 Å². The van der Waals surface area contributed by atoms with Crippen molar-refractivity contribution < 1.29 is 19.1 Å². The van der Waals surface area contributed by atoms with Gasteiger partial charge in [-0.3, -0.25) is 9.59 Å². The molecule has 1 N–H and O–H groups in total. The number of hydrogen-bond acceptors (Lipinski definition) is 4. The molecular weight excluding hydrogens is 368 g/mol. The maximum absolute atomic E-state index is 12.7. The first kappa shape index (κ1) is 19.0. The standard InChI is InChI=1S/C20H21ClN2O4/c1-12-4-5-14(9-16(12)21)23-11-13(8-19(23)24)20(25)22-17-10-15(26-2)6-7-18(17)27-3/h4-7,9-10,13H,8,11H2,1-3H3,(H,22,25)/t13-/m0/s1. The van der Waals surface area contributed by atoms with Gasteiger partial charge in [0.05, 0.1) is 25.8 Å². The second-order valence-corrected chi connectivity index (χ2v) is 6.80. The van der Waals surface area contributed by atoms with Gasteiger partial charge in [-0.2, -0.15) is 0 Å². The molecule has 27 heavy (non-hydrogen) atoms. The van der Waals surface area contributed by atoms with Crippen LogP contribution in [0.15, 0.2) is 36.4 Å². The van der Waals surface area contributed by atoms with Crippen LogP contribution in [0.3, 0.4) is 0 Å². The summed E-state index contributed by atoms with van der Waals surface area (Å²) >= 11 is 6.17. The molecule has 0 spiro atoms. The van der Waals surface area contributed by atoms with E-state index in [1.807, 2.05) is 19.1 Å². The number of rotatable bonds is 5. The van der Waals surface area contributed by atoms with Crippen molar-refractivity contribution in [2.24, 2.45) is 5.92 Å². The lowest BCUT2D eigenvalue weighted by Gasteiger charge is -2.18. The van der Waals surface area contributed by atoms with Gasteiger partial charge in [-0.15, -0.1) is 0 Å². The molecule has 0 unspecified atom stereocenters. The van der Waals surface area contributed by atoms with E-state index < -0.39 is 5.92 Å². The molecule has 2 aromatic rings. The van der Waals surface area contributed by atoms with Crippen molar-refractivity contribution >= 4 is 34.8 Å². The van der Waals surface area contributed by atoms with Crippen LogP contribution < -0.4 is 19.7 Å². The maximum atomic E-state index is 12.7. The Bertz CT molecular complexity index is 884. The minimum Gasteiger partial charge on any atom is -0.497 e. The molecule has 142 valence electrons. The highest BCUT2D eigenvalue weighted by atomic mass is 35.5. The fourth-order valence-electron chi connectivity index (χ4n) is 3.03. The average Bonchev–Trinajstić information content (AvgIpc) is 3.05. The molecule has 7 heteroatoms. The van der Waals surface area contributed by atoms with E-state index in [1.54, 1.807) is 36.3 Å². The van der Waals surface area contributed by atoms with Crippen LogP contribution in [0, 0.1) is 12.8 Å². The monoisotopic (exact) mass is 388 g/mol. The summed E-state index contributed by atoms with van der Waals surface area (Å²) in [5.74, 6) is 0.317. The van der Waals surface area contributed by atoms with Gasteiger partial charge < -0.3 is 19.7 Å². The van der Waals surface area contributed by atoms with Crippen molar-refractivity contribution in [2.45, 2.75) is 13.3 Å². The minimum absolute atomic E-state index is 0.104. The molecule has 0 saturated carbocycles. The van der Waals surface area contributed by atoms with Crippen molar-refractivity contribution in [3.8, 4) is 11.5 Å². The molecule has 2 amide bonds. The van der Waals surface area contributed by atoms with Gasteiger partial charge in [-0.25, -0.2) is 0 Å². The molecule has 1 atom stereocenters. The van der Waals surface area contributed by atoms with Crippen LogP contribution >= 0.6 is 11.6 Å². The molecule has 1 heterocycles. The Morgan fingerprint density at radius 2 is 1.96 bits per heavy atom. The van der Waals surface area contributed by atoms with E-state index in [2.05, 4.69) is 5.32 Å². The van der Waals surface area contributed by atoms with Crippen LogP contribution in [0.1, 0.15) is 12.0 Å². The Morgan fingerprint density at radius 3 is 2.63 bits per heavy atom. The van der Waals surface area contributed by atoms with E-state index >= 15 is 0 Å². The Balaban J connectivity index is 1.75. The molecule has 1 aliphatic heterocycles. The summed E-state index contributed by atoms with van der Waals surface area (Å²) in [5.41, 5.74) is 2.14. The number of amides is 2. The summed E-state index contributed by atoms with van der Waals surface area (Å²) in [6.45, 7) is 2.20. The van der Waals surface area contributed by atoms with Crippen molar-refractivity contribution in [2.75, 3.05) is 31.0 Å². The second-order valence-electron chi connectivity index (χ2n) is 6.39. The van der Waals surface area contributed by atoms with Crippen LogP contribution in [-0.2, 0) is 9.59 Å². The summed E-state index contributed by atoms with van der Waals surface area (Å²) in [7, 11) is 3.08. The van der Waals surface area contributed by atoms with Crippen molar-refractivity contribution in [1.82, 2.24) is 0 Å². The second kappa shape index (κ2) is 7.88. The SMILES string of the molecule is COc1ccc(OC)c(NC(=O)[C@H]2CC(=O)N(c3ccc(C)c(Cl)c3)C2)c1. The van der Waals surface area contributed by atoms with E-state index in [-0.39, 0.29) is 18.2 Å². The first-order chi connectivity index (χ1) is 12.9. The van der Waals surface area contributed by atoms with Crippen LogP contribution in [0.2, 0.25) is 5.02 Å². The third-order valence-corrected chi connectivity index (χ3v) is 5.03. The normalized spacial score (nSPS) is 16.4. The summed E-state index contributed by atoms with van der Waals surface area (Å²) in [6.07, 6.45) is 0.142. The predicted octanol–water partition coefficient (Wildman–Crippen LogP) is 3.66. The highest BCUT2D eigenvalue weighted by Gasteiger charge is 2.35. The van der Waals surface area contributed by atoms with Crippen LogP contribution in [0.4, 0.5) is 11.4 Å². The number of aryl methyl sites for hydroxylation is 1. The smallest absolute Gasteiger partial charge is 0.229 e. The van der Waals surface area contributed by atoms with Crippen molar-refractivity contribution in [3.05, 3.63) is 47.0 Å². The third kappa shape index (κ3) is 4.01. The zero-order chi connectivity index (χ0) is 19.6. The largest absolute Gasteiger partial charge is 0.497 e. The van der Waals surface area contributed by atoms with E-state index in [1.165, 1.54) is 7.11 Å². The van der Waals surface area contributed by atoms with Crippen molar-refractivity contribution in [3.63, 3.8) is 0 Å².